The number of nitrogens with one attached hydrogen (secondary N) is 4. The Hall–Kier alpha value is -3.96. The molecule has 4 atom stereocenters. The Morgan fingerprint density at radius 3 is 2.32 bits per heavy atom. The zero-order valence-corrected chi connectivity index (χ0v) is 28.4. The molecule has 2 saturated heterocycles. The van der Waals surface area contributed by atoms with Crippen LogP contribution in [0.25, 0.3) is 0 Å². The first kappa shape index (κ1) is 35.9. The lowest BCUT2D eigenvalue weighted by Crippen LogP contribution is -2.61. The minimum atomic E-state index is -1.25. The molecular weight excluding hydrogens is 622 g/mol. The van der Waals surface area contributed by atoms with Crippen LogP contribution in [0.2, 0.25) is 5.02 Å². The molecule has 12 heteroatoms. The van der Waals surface area contributed by atoms with Crippen molar-refractivity contribution >= 4 is 41.2 Å². The van der Waals surface area contributed by atoms with E-state index in [2.05, 4.69) is 21.3 Å². The van der Waals surface area contributed by atoms with Gasteiger partial charge in [0.15, 0.2) is 0 Å². The van der Waals surface area contributed by atoms with Crippen LogP contribution in [0.1, 0.15) is 64.2 Å². The molecule has 0 radical (unpaired) electrons. The van der Waals surface area contributed by atoms with Crippen LogP contribution in [0.15, 0.2) is 54.6 Å². The Balaban J connectivity index is 1.52. The summed E-state index contributed by atoms with van der Waals surface area (Å²) < 4.78 is 6.08. The van der Waals surface area contributed by atoms with Gasteiger partial charge in [0.2, 0.25) is 17.6 Å². The number of likely N-dealkylation sites (tertiary alicyclic amines) is 1. The van der Waals surface area contributed by atoms with Crippen molar-refractivity contribution in [3.8, 4) is 0 Å². The number of hydrogen-bond acceptors (Lipinski definition) is 7. The zero-order chi connectivity index (χ0) is 34.3. The summed E-state index contributed by atoms with van der Waals surface area (Å²) in [5, 5.41) is 11.4. The van der Waals surface area contributed by atoms with E-state index in [1.807, 2.05) is 88.2 Å². The lowest BCUT2D eigenvalue weighted by molar-refractivity contribution is -0.141. The van der Waals surface area contributed by atoms with Gasteiger partial charge in [0.1, 0.15) is 12.1 Å². The van der Waals surface area contributed by atoms with Crippen LogP contribution in [0.5, 0.6) is 0 Å². The third kappa shape index (κ3) is 9.54. The summed E-state index contributed by atoms with van der Waals surface area (Å²) in [5.74, 6) is -3.07. The van der Waals surface area contributed by atoms with Crippen LogP contribution in [-0.4, -0.2) is 79.3 Å². The van der Waals surface area contributed by atoms with Crippen molar-refractivity contribution in [2.24, 2.45) is 11.8 Å². The molecule has 2 aliphatic heterocycles. The molecule has 2 aromatic rings. The second kappa shape index (κ2) is 15.8. The van der Waals surface area contributed by atoms with Crippen molar-refractivity contribution in [2.75, 3.05) is 26.7 Å². The number of hydrogen-bond donors (Lipinski definition) is 4. The average Bonchev–Trinajstić information content (AvgIpc) is 3.41. The van der Waals surface area contributed by atoms with E-state index in [0.717, 1.165) is 11.1 Å². The number of rotatable bonds is 14. The fourth-order valence-electron chi connectivity index (χ4n) is 6.15. The SMILES string of the molecule is CC(C)C[C@H](NC(=O)OC(c1ccccc1)C(C)(C)c1cccc(Cl)c1)C(=O)N[C@@H](C[C@@H]1CCNC1=O)C(=O)C(=O)NC1CN(C)C1. The lowest BCUT2D eigenvalue weighted by Gasteiger charge is -2.36. The van der Waals surface area contributed by atoms with Crippen LogP contribution >= 0.6 is 11.6 Å². The Labute approximate surface area is 281 Å². The highest BCUT2D eigenvalue weighted by molar-refractivity contribution is 6.38. The number of benzene rings is 2. The molecule has 47 heavy (non-hydrogen) atoms. The van der Waals surface area contributed by atoms with Crippen molar-refractivity contribution in [2.45, 2.75) is 76.6 Å². The second-order valence-corrected chi connectivity index (χ2v) is 14.0. The molecular formula is C35H46ClN5O6. The molecule has 0 aliphatic carbocycles. The summed E-state index contributed by atoms with van der Waals surface area (Å²) in [5.41, 5.74) is 0.885. The van der Waals surface area contributed by atoms with E-state index in [1.54, 1.807) is 6.07 Å². The number of ether oxygens (including phenoxy) is 1. The van der Waals surface area contributed by atoms with Crippen molar-refractivity contribution in [1.29, 1.82) is 0 Å². The fourth-order valence-corrected chi connectivity index (χ4v) is 6.34. The van der Waals surface area contributed by atoms with Gasteiger partial charge in [-0.2, -0.15) is 0 Å². The molecule has 11 nitrogen and oxygen atoms in total. The van der Waals surface area contributed by atoms with Gasteiger partial charge in [0.05, 0.1) is 12.1 Å². The number of carbonyl (C=O) groups is 5. The van der Waals surface area contributed by atoms with Gasteiger partial charge >= 0.3 is 6.09 Å². The summed E-state index contributed by atoms with van der Waals surface area (Å²) in [6.45, 7) is 9.38. The maximum Gasteiger partial charge on any atom is 0.408 e. The molecule has 2 heterocycles. The quantitative estimate of drug-likeness (QED) is 0.226. The van der Waals surface area contributed by atoms with Crippen LogP contribution in [-0.2, 0) is 29.3 Å². The van der Waals surface area contributed by atoms with E-state index in [4.69, 9.17) is 16.3 Å². The largest absolute Gasteiger partial charge is 0.440 e. The second-order valence-electron chi connectivity index (χ2n) is 13.6. The molecule has 0 aromatic heterocycles. The summed E-state index contributed by atoms with van der Waals surface area (Å²) in [6.07, 6.45) is -0.886. The van der Waals surface area contributed by atoms with E-state index in [1.165, 1.54) is 0 Å². The smallest absolute Gasteiger partial charge is 0.408 e. The van der Waals surface area contributed by atoms with Gasteiger partial charge in [-0.05, 0) is 55.5 Å². The minimum absolute atomic E-state index is 0.0208. The third-order valence-corrected chi connectivity index (χ3v) is 9.04. The van der Waals surface area contributed by atoms with E-state index in [0.29, 0.717) is 31.1 Å². The highest BCUT2D eigenvalue weighted by Gasteiger charge is 2.39. The van der Waals surface area contributed by atoms with Crippen molar-refractivity contribution in [3.63, 3.8) is 0 Å². The first-order valence-corrected chi connectivity index (χ1v) is 16.5. The van der Waals surface area contributed by atoms with Gasteiger partial charge < -0.3 is 30.9 Å². The molecule has 2 aromatic carbocycles. The van der Waals surface area contributed by atoms with E-state index in [9.17, 15) is 24.0 Å². The Morgan fingerprint density at radius 2 is 1.72 bits per heavy atom. The minimum Gasteiger partial charge on any atom is -0.440 e. The fraction of sp³-hybridized carbons (Fsp3) is 0.514. The number of carbonyl (C=O) groups excluding carboxylic acids is 5. The number of alkyl carbamates (subject to hydrolysis) is 1. The van der Waals surface area contributed by atoms with E-state index >= 15 is 0 Å². The number of nitrogens with zero attached hydrogens (tertiary/aromatic N) is 1. The maximum atomic E-state index is 13.8. The lowest BCUT2D eigenvalue weighted by atomic mass is 9.76. The van der Waals surface area contributed by atoms with Gasteiger partial charge in [0.25, 0.3) is 5.91 Å². The number of Topliss-reactive ketones (excluding diaryl/α,β-unsaturated/α-hetero) is 1. The van der Waals surface area contributed by atoms with Gasteiger partial charge in [0, 0.05) is 36.0 Å². The van der Waals surface area contributed by atoms with Crippen molar-refractivity contribution in [3.05, 3.63) is 70.7 Å². The van der Waals surface area contributed by atoms with Crippen molar-refractivity contribution in [1.82, 2.24) is 26.2 Å². The van der Waals surface area contributed by atoms with E-state index in [-0.39, 0.29) is 30.7 Å². The molecule has 4 amide bonds. The van der Waals surface area contributed by atoms with Gasteiger partial charge in [-0.1, -0.05) is 81.8 Å². The molecule has 2 fully saturated rings. The third-order valence-electron chi connectivity index (χ3n) is 8.81. The molecule has 4 N–H and O–H groups in total. The molecule has 2 aliphatic rings. The van der Waals surface area contributed by atoms with Crippen LogP contribution < -0.4 is 21.3 Å². The first-order valence-electron chi connectivity index (χ1n) is 16.1. The summed E-state index contributed by atoms with van der Waals surface area (Å²) in [6, 6.07) is 14.2. The zero-order valence-electron chi connectivity index (χ0n) is 27.7. The summed E-state index contributed by atoms with van der Waals surface area (Å²) in [7, 11) is 1.90. The number of halogens is 1. The Morgan fingerprint density at radius 1 is 1.02 bits per heavy atom. The highest BCUT2D eigenvalue weighted by atomic mass is 35.5. The maximum absolute atomic E-state index is 13.8. The Kier molecular flexibility index (Phi) is 12.0. The molecule has 0 saturated carbocycles. The van der Waals surface area contributed by atoms with Crippen LogP contribution in [0, 0.1) is 11.8 Å². The highest BCUT2D eigenvalue weighted by Crippen LogP contribution is 2.40. The molecule has 4 rings (SSSR count). The Bertz CT molecular complexity index is 1440. The molecule has 0 bridgehead atoms. The summed E-state index contributed by atoms with van der Waals surface area (Å²) >= 11 is 6.31. The average molecular weight is 668 g/mol. The predicted octanol–water partition coefficient (Wildman–Crippen LogP) is 3.51. The van der Waals surface area contributed by atoms with Crippen LogP contribution in [0.3, 0.4) is 0 Å². The number of likely N-dealkylation sites (N-methyl/N-ethyl adjacent to an activating group) is 1. The first-order chi connectivity index (χ1) is 22.2. The monoisotopic (exact) mass is 667 g/mol. The van der Waals surface area contributed by atoms with Crippen molar-refractivity contribution < 1.29 is 28.7 Å². The van der Waals surface area contributed by atoms with Gasteiger partial charge in [-0.25, -0.2) is 4.79 Å². The van der Waals surface area contributed by atoms with E-state index < -0.39 is 53.2 Å². The molecule has 0 spiro atoms. The summed E-state index contributed by atoms with van der Waals surface area (Å²) in [4.78, 5) is 68.0. The number of ketones is 1. The normalized spacial score (nSPS) is 18.8. The molecule has 1 unspecified atom stereocenters. The molecule has 254 valence electrons. The topological polar surface area (TPSA) is 146 Å². The van der Waals surface area contributed by atoms with Gasteiger partial charge in [-0.15, -0.1) is 0 Å². The number of amides is 4. The van der Waals surface area contributed by atoms with Gasteiger partial charge in [-0.3, -0.25) is 19.2 Å². The van der Waals surface area contributed by atoms with Crippen LogP contribution in [0.4, 0.5) is 4.79 Å². The predicted molar refractivity (Wildman–Crippen MR) is 179 cm³/mol. The standard InChI is InChI=1S/C35H46ClN5O6/c1-21(2)16-28(32(44)39-27(17-23-14-15-37-31(23)43)29(42)33(45)38-26-19-41(5)20-26)40-34(46)47-30(22-10-7-6-8-11-22)35(3,4)24-12-9-13-25(36)18-24/h6-13,18,21,23,26-28,30H,14-17,19-20H2,1-5H3,(H,37,43)(H,38,45)(H,39,44)(H,40,46)/t23-,27-,28-,30?/m0/s1.